The minimum Gasteiger partial charge on any atom is -0.326 e. The molecule has 0 saturated heterocycles. The fourth-order valence-electron chi connectivity index (χ4n) is 2.20. The summed E-state index contributed by atoms with van der Waals surface area (Å²) in [7, 11) is 0. The molecule has 0 bridgehead atoms. The maximum atomic E-state index is 13.4. The summed E-state index contributed by atoms with van der Waals surface area (Å²) in [6, 6.07) is 12.4. The molecule has 0 radical (unpaired) electrons. The Bertz CT molecular complexity index is 676. The lowest BCUT2D eigenvalue weighted by molar-refractivity contribution is -0.116. The SMILES string of the molecule is Cc1cc(NC(=O)CCNCCc2ccccc2F)ccc1Br. The van der Waals surface area contributed by atoms with Crippen LogP contribution in [-0.4, -0.2) is 19.0 Å². The number of halogens is 2. The van der Waals surface area contributed by atoms with Crippen molar-refractivity contribution < 1.29 is 9.18 Å². The summed E-state index contributed by atoms with van der Waals surface area (Å²) in [5, 5.41) is 6.03. The van der Waals surface area contributed by atoms with Crippen molar-refractivity contribution in [1.29, 1.82) is 0 Å². The van der Waals surface area contributed by atoms with Crippen LogP contribution >= 0.6 is 15.9 Å². The second kappa shape index (κ2) is 8.79. The van der Waals surface area contributed by atoms with Crippen molar-refractivity contribution in [2.75, 3.05) is 18.4 Å². The lowest BCUT2D eigenvalue weighted by Gasteiger charge is -2.08. The van der Waals surface area contributed by atoms with Gasteiger partial charge in [-0.05, 0) is 55.3 Å². The van der Waals surface area contributed by atoms with Crippen LogP contribution in [0.1, 0.15) is 17.5 Å². The number of rotatable bonds is 7. The van der Waals surface area contributed by atoms with Crippen LogP contribution in [0.5, 0.6) is 0 Å². The number of carbonyl (C=O) groups excluding carboxylic acids is 1. The van der Waals surface area contributed by atoms with Crippen LogP contribution in [0, 0.1) is 12.7 Å². The van der Waals surface area contributed by atoms with Gasteiger partial charge in [0, 0.05) is 23.1 Å². The van der Waals surface area contributed by atoms with Crippen molar-refractivity contribution in [1.82, 2.24) is 5.32 Å². The molecular formula is C18H20BrFN2O. The maximum absolute atomic E-state index is 13.4. The Kier molecular flexibility index (Phi) is 6.74. The molecule has 0 aliphatic heterocycles. The maximum Gasteiger partial charge on any atom is 0.225 e. The molecule has 0 saturated carbocycles. The average Bonchev–Trinajstić information content (AvgIpc) is 2.52. The average molecular weight is 379 g/mol. The van der Waals surface area contributed by atoms with Gasteiger partial charge in [0.15, 0.2) is 0 Å². The Morgan fingerprint density at radius 1 is 1.17 bits per heavy atom. The predicted octanol–water partition coefficient (Wildman–Crippen LogP) is 4.06. The van der Waals surface area contributed by atoms with Gasteiger partial charge in [0.05, 0.1) is 0 Å². The third-order valence-corrected chi connectivity index (χ3v) is 4.39. The Morgan fingerprint density at radius 2 is 1.96 bits per heavy atom. The number of nitrogens with one attached hydrogen (secondary N) is 2. The number of anilines is 1. The summed E-state index contributed by atoms with van der Waals surface area (Å²) in [6.45, 7) is 3.19. The summed E-state index contributed by atoms with van der Waals surface area (Å²) in [5.74, 6) is -0.220. The third kappa shape index (κ3) is 5.77. The Labute approximate surface area is 144 Å². The van der Waals surface area contributed by atoms with Gasteiger partial charge in [-0.2, -0.15) is 0 Å². The second-order valence-corrected chi connectivity index (χ2v) is 6.21. The van der Waals surface area contributed by atoms with E-state index >= 15 is 0 Å². The normalized spacial score (nSPS) is 10.6. The minimum atomic E-state index is -0.183. The molecule has 0 aliphatic rings. The first-order chi connectivity index (χ1) is 11.1. The van der Waals surface area contributed by atoms with Gasteiger partial charge in [0.2, 0.25) is 5.91 Å². The van der Waals surface area contributed by atoms with Gasteiger partial charge in [-0.3, -0.25) is 4.79 Å². The predicted molar refractivity (Wildman–Crippen MR) is 95.1 cm³/mol. The highest BCUT2D eigenvalue weighted by molar-refractivity contribution is 9.10. The standard InChI is InChI=1S/C18H20BrFN2O/c1-13-12-15(6-7-16(13)19)22-18(23)9-11-21-10-8-14-4-2-3-5-17(14)20/h2-7,12,21H,8-11H2,1H3,(H,22,23). The lowest BCUT2D eigenvalue weighted by Crippen LogP contribution is -2.23. The first-order valence-corrected chi connectivity index (χ1v) is 8.35. The molecule has 3 nitrogen and oxygen atoms in total. The molecule has 122 valence electrons. The molecule has 2 rings (SSSR count). The number of hydrogen-bond donors (Lipinski definition) is 2. The highest BCUT2D eigenvalue weighted by atomic mass is 79.9. The van der Waals surface area contributed by atoms with E-state index in [1.54, 1.807) is 12.1 Å². The van der Waals surface area contributed by atoms with Crippen molar-refractivity contribution >= 4 is 27.5 Å². The first kappa shape index (κ1) is 17.6. The van der Waals surface area contributed by atoms with E-state index in [9.17, 15) is 9.18 Å². The smallest absolute Gasteiger partial charge is 0.225 e. The van der Waals surface area contributed by atoms with Crippen molar-refractivity contribution in [3.05, 3.63) is 63.9 Å². The van der Waals surface area contributed by atoms with Gasteiger partial charge in [-0.1, -0.05) is 34.1 Å². The summed E-state index contributed by atoms with van der Waals surface area (Å²) in [5.41, 5.74) is 2.56. The van der Waals surface area contributed by atoms with Crippen molar-refractivity contribution in [2.45, 2.75) is 19.8 Å². The lowest BCUT2D eigenvalue weighted by atomic mass is 10.1. The second-order valence-electron chi connectivity index (χ2n) is 5.35. The van der Waals surface area contributed by atoms with Gasteiger partial charge in [0.1, 0.15) is 5.82 Å². The van der Waals surface area contributed by atoms with Crippen LogP contribution in [0.25, 0.3) is 0 Å². The van der Waals surface area contributed by atoms with E-state index in [2.05, 4.69) is 26.6 Å². The van der Waals surface area contributed by atoms with E-state index in [0.717, 1.165) is 15.7 Å². The molecule has 1 amide bonds. The molecule has 0 heterocycles. The monoisotopic (exact) mass is 378 g/mol. The number of carbonyl (C=O) groups is 1. The van der Waals surface area contributed by atoms with E-state index < -0.39 is 0 Å². The van der Waals surface area contributed by atoms with Crippen LogP contribution in [0.3, 0.4) is 0 Å². The highest BCUT2D eigenvalue weighted by Gasteiger charge is 2.04. The van der Waals surface area contributed by atoms with Crippen molar-refractivity contribution in [3.63, 3.8) is 0 Å². The van der Waals surface area contributed by atoms with Gasteiger partial charge in [0.25, 0.3) is 0 Å². The molecule has 0 aromatic heterocycles. The first-order valence-electron chi connectivity index (χ1n) is 7.56. The van der Waals surface area contributed by atoms with E-state index in [1.807, 2.05) is 31.2 Å². The van der Waals surface area contributed by atoms with Crippen LogP contribution in [0.15, 0.2) is 46.9 Å². The molecule has 0 fully saturated rings. The van der Waals surface area contributed by atoms with Crippen molar-refractivity contribution in [3.8, 4) is 0 Å². The van der Waals surface area contributed by atoms with E-state index in [1.165, 1.54) is 6.07 Å². The quantitative estimate of drug-likeness (QED) is 0.713. The fraction of sp³-hybridized carbons (Fsp3) is 0.278. The van der Waals surface area contributed by atoms with Crippen LogP contribution < -0.4 is 10.6 Å². The van der Waals surface area contributed by atoms with E-state index in [0.29, 0.717) is 31.5 Å². The van der Waals surface area contributed by atoms with Crippen LogP contribution in [-0.2, 0) is 11.2 Å². The number of hydrogen-bond acceptors (Lipinski definition) is 2. The van der Waals surface area contributed by atoms with Crippen LogP contribution in [0.2, 0.25) is 0 Å². The summed E-state index contributed by atoms with van der Waals surface area (Å²) in [6.07, 6.45) is 0.993. The molecule has 0 unspecified atom stereocenters. The number of aryl methyl sites for hydroxylation is 1. The Morgan fingerprint density at radius 3 is 2.70 bits per heavy atom. The fourth-order valence-corrected chi connectivity index (χ4v) is 2.44. The Hall–Kier alpha value is -1.72. The number of amides is 1. The topological polar surface area (TPSA) is 41.1 Å². The third-order valence-electron chi connectivity index (χ3n) is 3.50. The zero-order valence-corrected chi connectivity index (χ0v) is 14.6. The minimum absolute atomic E-state index is 0.0369. The Balaban J connectivity index is 1.67. The molecule has 5 heteroatoms. The molecule has 2 aromatic carbocycles. The van der Waals surface area contributed by atoms with Crippen LogP contribution in [0.4, 0.5) is 10.1 Å². The molecule has 0 spiro atoms. The molecule has 2 N–H and O–H groups in total. The van der Waals surface area contributed by atoms with Gasteiger partial charge in [-0.25, -0.2) is 4.39 Å². The summed E-state index contributed by atoms with van der Waals surface area (Å²) < 4.78 is 14.5. The number of benzene rings is 2. The summed E-state index contributed by atoms with van der Waals surface area (Å²) >= 11 is 3.43. The largest absolute Gasteiger partial charge is 0.326 e. The molecule has 0 aliphatic carbocycles. The molecule has 23 heavy (non-hydrogen) atoms. The van der Waals surface area contributed by atoms with Gasteiger partial charge in [-0.15, -0.1) is 0 Å². The highest BCUT2D eigenvalue weighted by Crippen LogP contribution is 2.20. The van der Waals surface area contributed by atoms with Crippen molar-refractivity contribution in [2.24, 2.45) is 0 Å². The van der Waals surface area contributed by atoms with Gasteiger partial charge < -0.3 is 10.6 Å². The molecule has 2 aromatic rings. The molecule has 0 atom stereocenters. The molecular weight excluding hydrogens is 359 g/mol. The van der Waals surface area contributed by atoms with E-state index in [4.69, 9.17) is 0 Å². The van der Waals surface area contributed by atoms with E-state index in [-0.39, 0.29) is 11.7 Å². The summed E-state index contributed by atoms with van der Waals surface area (Å²) in [4.78, 5) is 11.9. The zero-order valence-electron chi connectivity index (χ0n) is 13.0. The zero-order chi connectivity index (χ0) is 16.7. The van der Waals surface area contributed by atoms with Gasteiger partial charge >= 0.3 is 0 Å².